The van der Waals surface area contributed by atoms with E-state index in [9.17, 15) is 0 Å². The quantitative estimate of drug-likeness (QED) is 0.652. The molecule has 0 N–H and O–H groups in total. The van der Waals surface area contributed by atoms with Crippen LogP contribution in [0.5, 0.6) is 0 Å². The monoisotopic (exact) mass is 218 g/mol. The van der Waals surface area contributed by atoms with Gasteiger partial charge in [-0.05, 0) is 31.6 Å². The molecular weight excluding hydrogens is 196 g/mol. The number of aromatic nitrogens is 2. The van der Waals surface area contributed by atoms with Gasteiger partial charge in [0, 0.05) is 24.1 Å². The average molecular weight is 218 g/mol. The minimum Gasteiger partial charge on any atom is -0.332 e. The van der Waals surface area contributed by atoms with Crippen molar-refractivity contribution in [2.75, 3.05) is 0 Å². The predicted molar refractivity (Wildman–Crippen MR) is 65.8 cm³/mol. The van der Waals surface area contributed by atoms with Gasteiger partial charge in [0.15, 0.2) is 0 Å². The van der Waals surface area contributed by atoms with Gasteiger partial charge in [-0.1, -0.05) is 20.8 Å². The van der Waals surface area contributed by atoms with E-state index in [1.54, 1.807) is 5.69 Å². The zero-order valence-electron chi connectivity index (χ0n) is 10.7. The van der Waals surface area contributed by atoms with Gasteiger partial charge in [0.2, 0.25) is 0 Å². The Morgan fingerprint density at radius 1 is 1.19 bits per heavy atom. The molecule has 2 nitrogen and oxygen atoms in total. The lowest BCUT2D eigenvalue weighted by Gasteiger charge is -2.26. The predicted octanol–water partition coefficient (Wildman–Crippen LogP) is 3.47. The van der Waals surface area contributed by atoms with Crippen LogP contribution in [0.1, 0.15) is 69.1 Å². The van der Waals surface area contributed by atoms with Gasteiger partial charge in [0.05, 0.1) is 5.69 Å². The van der Waals surface area contributed by atoms with Gasteiger partial charge in [-0.25, -0.2) is 4.98 Å². The summed E-state index contributed by atoms with van der Waals surface area (Å²) in [6.45, 7) is 8.27. The Kier molecular flexibility index (Phi) is 2.34. The molecule has 0 saturated heterocycles. The molecule has 1 aliphatic carbocycles. The van der Waals surface area contributed by atoms with Crippen molar-refractivity contribution in [1.29, 1.82) is 0 Å². The van der Waals surface area contributed by atoms with Crippen LogP contribution >= 0.6 is 0 Å². The van der Waals surface area contributed by atoms with Gasteiger partial charge in [0.1, 0.15) is 5.82 Å². The highest BCUT2D eigenvalue weighted by Crippen LogP contribution is 2.38. The highest BCUT2D eigenvalue weighted by molar-refractivity contribution is 5.26. The Morgan fingerprint density at radius 3 is 2.81 bits per heavy atom. The smallest absolute Gasteiger partial charge is 0.112 e. The second kappa shape index (κ2) is 3.61. The molecule has 2 aliphatic rings. The Balaban J connectivity index is 2.10. The summed E-state index contributed by atoms with van der Waals surface area (Å²) in [5, 5.41) is 0. The summed E-state index contributed by atoms with van der Waals surface area (Å²) in [6, 6.07) is 0. The fourth-order valence-corrected chi connectivity index (χ4v) is 3.57. The van der Waals surface area contributed by atoms with Gasteiger partial charge < -0.3 is 4.57 Å². The number of fused-ring (bicyclic) bond motifs is 3. The van der Waals surface area contributed by atoms with Gasteiger partial charge in [-0.2, -0.15) is 0 Å². The molecule has 0 spiro atoms. The topological polar surface area (TPSA) is 17.8 Å². The molecule has 1 aromatic rings. The molecule has 3 rings (SSSR count). The summed E-state index contributed by atoms with van der Waals surface area (Å²) in [5.74, 6) is 3.55. The molecule has 2 heteroatoms. The molecule has 88 valence electrons. The number of rotatable bonds is 0. The normalized spacial score (nSPS) is 33.3. The van der Waals surface area contributed by atoms with Crippen molar-refractivity contribution >= 4 is 0 Å². The Labute approximate surface area is 98.1 Å². The molecule has 16 heavy (non-hydrogen) atoms. The number of imidazole rings is 1. The van der Waals surface area contributed by atoms with E-state index in [-0.39, 0.29) is 0 Å². The molecule has 2 heterocycles. The van der Waals surface area contributed by atoms with Crippen molar-refractivity contribution in [2.45, 2.75) is 64.8 Å². The molecule has 1 aromatic heterocycles. The summed E-state index contributed by atoms with van der Waals surface area (Å²) in [4.78, 5) is 4.95. The van der Waals surface area contributed by atoms with Crippen molar-refractivity contribution in [2.24, 2.45) is 5.92 Å². The van der Waals surface area contributed by atoms with Crippen LogP contribution in [0, 0.1) is 5.92 Å². The SMILES string of the molecule is CC1Cc2c(nc3n2CCCC3C)C(C)C1. The lowest BCUT2D eigenvalue weighted by Crippen LogP contribution is -2.20. The van der Waals surface area contributed by atoms with Crippen molar-refractivity contribution in [3.05, 3.63) is 17.2 Å². The fourth-order valence-electron chi connectivity index (χ4n) is 3.57. The van der Waals surface area contributed by atoms with Crippen LogP contribution < -0.4 is 0 Å². The third kappa shape index (κ3) is 1.42. The molecule has 3 atom stereocenters. The largest absolute Gasteiger partial charge is 0.332 e. The number of nitrogens with zero attached hydrogens (tertiary/aromatic N) is 2. The van der Waals surface area contributed by atoms with Crippen molar-refractivity contribution in [3.63, 3.8) is 0 Å². The first kappa shape index (κ1) is 10.4. The van der Waals surface area contributed by atoms with Crippen LogP contribution in [0.3, 0.4) is 0 Å². The van der Waals surface area contributed by atoms with E-state index in [4.69, 9.17) is 4.98 Å². The molecular formula is C14H22N2. The summed E-state index contributed by atoms with van der Waals surface area (Å²) in [5.41, 5.74) is 2.98. The third-order valence-corrected chi connectivity index (χ3v) is 4.36. The molecule has 0 bridgehead atoms. The van der Waals surface area contributed by atoms with Crippen LogP contribution in [0.2, 0.25) is 0 Å². The fraction of sp³-hybridized carbons (Fsp3) is 0.786. The Hall–Kier alpha value is -0.790. The maximum atomic E-state index is 4.95. The van der Waals surface area contributed by atoms with Gasteiger partial charge in [-0.3, -0.25) is 0 Å². The molecule has 0 amide bonds. The highest BCUT2D eigenvalue weighted by atomic mass is 15.1. The lowest BCUT2D eigenvalue weighted by atomic mass is 9.84. The van der Waals surface area contributed by atoms with Crippen molar-refractivity contribution < 1.29 is 0 Å². The van der Waals surface area contributed by atoms with Crippen LogP contribution in [0.4, 0.5) is 0 Å². The zero-order valence-corrected chi connectivity index (χ0v) is 10.7. The average Bonchev–Trinajstić information content (AvgIpc) is 2.59. The number of hydrogen-bond donors (Lipinski definition) is 0. The molecule has 0 aromatic carbocycles. The van der Waals surface area contributed by atoms with Gasteiger partial charge in [0.25, 0.3) is 0 Å². The lowest BCUT2D eigenvalue weighted by molar-refractivity contribution is 0.411. The molecule has 1 aliphatic heterocycles. The van der Waals surface area contributed by atoms with Crippen LogP contribution in [-0.2, 0) is 13.0 Å². The first-order valence-electron chi connectivity index (χ1n) is 6.76. The van der Waals surface area contributed by atoms with E-state index in [0.717, 1.165) is 5.92 Å². The van der Waals surface area contributed by atoms with Crippen molar-refractivity contribution in [1.82, 2.24) is 9.55 Å². The Morgan fingerprint density at radius 2 is 2.00 bits per heavy atom. The molecule has 0 saturated carbocycles. The standard InChI is InChI=1S/C14H22N2/c1-9-7-11(3)13-12(8-9)16-6-4-5-10(2)14(16)15-13/h9-11H,4-8H2,1-3H3. The van der Waals surface area contributed by atoms with E-state index in [0.29, 0.717) is 11.8 Å². The first-order chi connectivity index (χ1) is 7.66. The second-order valence-corrected chi connectivity index (χ2v) is 5.94. The maximum Gasteiger partial charge on any atom is 0.112 e. The van der Waals surface area contributed by atoms with Crippen LogP contribution in [-0.4, -0.2) is 9.55 Å². The van der Waals surface area contributed by atoms with Gasteiger partial charge >= 0.3 is 0 Å². The Bertz CT molecular complexity index is 405. The molecule has 0 fully saturated rings. The first-order valence-corrected chi connectivity index (χ1v) is 6.76. The third-order valence-electron chi connectivity index (χ3n) is 4.36. The number of hydrogen-bond acceptors (Lipinski definition) is 1. The summed E-state index contributed by atoms with van der Waals surface area (Å²) < 4.78 is 2.54. The minimum atomic E-state index is 0.668. The van der Waals surface area contributed by atoms with E-state index >= 15 is 0 Å². The summed E-state index contributed by atoms with van der Waals surface area (Å²) in [6.07, 6.45) is 5.22. The summed E-state index contributed by atoms with van der Waals surface area (Å²) in [7, 11) is 0. The molecule has 0 radical (unpaired) electrons. The van der Waals surface area contributed by atoms with Crippen LogP contribution in [0.15, 0.2) is 0 Å². The van der Waals surface area contributed by atoms with E-state index in [1.165, 1.54) is 43.7 Å². The van der Waals surface area contributed by atoms with Gasteiger partial charge in [-0.15, -0.1) is 0 Å². The van der Waals surface area contributed by atoms with Crippen molar-refractivity contribution in [3.8, 4) is 0 Å². The van der Waals surface area contributed by atoms with E-state index in [1.807, 2.05) is 0 Å². The van der Waals surface area contributed by atoms with Crippen LogP contribution in [0.25, 0.3) is 0 Å². The molecule has 3 unspecified atom stereocenters. The van der Waals surface area contributed by atoms with E-state index < -0.39 is 0 Å². The summed E-state index contributed by atoms with van der Waals surface area (Å²) >= 11 is 0. The second-order valence-electron chi connectivity index (χ2n) is 5.94. The highest BCUT2D eigenvalue weighted by Gasteiger charge is 2.30. The van der Waals surface area contributed by atoms with E-state index in [2.05, 4.69) is 25.3 Å². The minimum absolute atomic E-state index is 0.668. The maximum absolute atomic E-state index is 4.95. The zero-order chi connectivity index (χ0) is 11.3.